The molecule has 170 valence electrons. The van der Waals surface area contributed by atoms with Crippen LogP contribution in [0.25, 0.3) is 22.0 Å². The molecule has 0 saturated heterocycles. The van der Waals surface area contributed by atoms with Crippen molar-refractivity contribution in [2.24, 2.45) is 0 Å². The van der Waals surface area contributed by atoms with Crippen molar-refractivity contribution in [1.82, 2.24) is 9.88 Å². The SMILES string of the molecule is O=C1O[C@H](CCCN[C@@H]2Cn3c(=O)ccc4ccc(F)c2c43)c2ccc(-c3ccccc3)cc21. The van der Waals surface area contributed by atoms with E-state index in [1.807, 2.05) is 48.5 Å². The number of ether oxygens (including phenoxy) is 1. The predicted molar refractivity (Wildman–Crippen MR) is 128 cm³/mol. The number of pyridine rings is 1. The van der Waals surface area contributed by atoms with Crippen LogP contribution in [0.1, 0.15) is 46.5 Å². The van der Waals surface area contributed by atoms with Gasteiger partial charge < -0.3 is 14.6 Å². The van der Waals surface area contributed by atoms with Crippen LogP contribution in [0, 0.1) is 5.82 Å². The Labute approximate surface area is 195 Å². The van der Waals surface area contributed by atoms with Crippen molar-refractivity contribution in [2.45, 2.75) is 31.5 Å². The predicted octanol–water partition coefficient (Wildman–Crippen LogP) is 5.14. The number of rotatable bonds is 6. The average Bonchev–Trinajstić information content (AvgIpc) is 3.40. The van der Waals surface area contributed by atoms with Gasteiger partial charge in [-0.15, -0.1) is 0 Å². The van der Waals surface area contributed by atoms with Gasteiger partial charge >= 0.3 is 5.97 Å². The molecule has 0 spiro atoms. The Balaban J connectivity index is 1.13. The number of carbonyl (C=O) groups excluding carboxylic acids is 1. The van der Waals surface area contributed by atoms with E-state index in [2.05, 4.69) is 5.32 Å². The molecule has 0 amide bonds. The van der Waals surface area contributed by atoms with E-state index in [4.69, 9.17) is 4.74 Å². The van der Waals surface area contributed by atoms with Crippen molar-refractivity contribution in [3.8, 4) is 11.1 Å². The van der Waals surface area contributed by atoms with Gasteiger partial charge in [0.05, 0.1) is 17.1 Å². The topological polar surface area (TPSA) is 60.3 Å². The summed E-state index contributed by atoms with van der Waals surface area (Å²) < 4.78 is 21.9. The molecule has 6 rings (SSSR count). The fraction of sp³-hybridized carbons (Fsp3) is 0.214. The third kappa shape index (κ3) is 3.42. The first-order chi connectivity index (χ1) is 16.6. The average molecular weight is 455 g/mol. The van der Waals surface area contributed by atoms with E-state index in [9.17, 15) is 14.0 Å². The summed E-state index contributed by atoms with van der Waals surface area (Å²) in [7, 11) is 0. The minimum atomic E-state index is -0.297. The molecule has 4 aromatic rings. The second kappa shape index (κ2) is 8.22. The van der Waals surface area contributed by atoms with E-state index >= 15 is 0 Å². The molecule has 6 heteroatoms. The normalized spacial score (nSPS) is 18.3. The van der Waals surface area contributed by atoms with Crippen LogP contribution in [-0.2, 0) is 11.3 Å². The Hall–Kier alpha value is -3.77. The largest absolute Gasteiger partial charge is 0.454 e. The molecule has 34 heavy (non-hydrogen) atoms. The molecule has 5 nitrogen and oxygen atoms in total. The van der Waals surface area contributed by atoms with Crippen LogP contribution in [0.15, 0.2) is 77.6 Å². The van der Waals surface area contributed by atoms with Crippen LogP contribution in [0.3, 0.4) is 0 Å². The summed E-state index contributed by atoms with van der Waals surface area (Å²) in [4.78, 5) is 24.8. The van der Waals surface area contributed by atoms with Crippen LogP contribution in [-0.4, -0.2) is 17.1 Å². The zero-order valence-electron chi connectivity index (χ0n) is 18.5. The fourth-order valence-corrected chi connectivity index (χ4v) is 5.21. The van der Waals surface area contributed by atoms with Gasteiger partial charge in [-0.1, -0.05) is 42.5 Å². The number of halogens is 1. The van der Waals surface area contributed by atoms with Crippen molar-refractivity contribution < 1.29 is 13.9 Å². The van der Waals surface area contributed by atoms with Crippen molar-refractivity contribution in [3.63, 3.8) is 0 Å². The maximum atomic E-state index is 14.6. The Bertz CT molecular complexity index is 1480. The van der Waals surface area contributed by atoms with Crippen LogP contribution in [0.2, 0.25) is 0 Å². The Kier molecular flexibility index (Phi) is 5.03. The molecule has 0 aliphatic carbocycles. The molecule has 0 bridgehead atoms. The number of carbonyl (C=O) groups is 1. The number of aromatic nitrogens is 1. The number of nitrogens with zero attached hydrogens (tertiary/aromatic N) is 1. The minimum Gasteiger partial charge on any atom is -0.454 e. The standard InChI is InChI=1S/C28H23FN2O3/c29-22-12-9-18-10-13-25(32)31-16-23(26(22)27(18)31)30-14-4-7-24-20-11-8-19(15-21(20)28(33)34-24)17-5-2-1-3-6-17/h1-3,5-6,8-13,15,23-24,30H,4,7,14,16H2/t23-,24-/m1/s1. The summed E-state index contributed by atoms with van der Waals surface area (Å²) in [5.74, 6) is -0.583. The molecule has 0 saturated carbocycles. The molecular formula is C28H23FN2O3. The molecule has 0 unspecified atom stereocenters. The van der Waals surface area contributed by atoms with Crippen molar-refractivity contribution in [2.75, 3.05) is 6.54 Å². The van der Waals surface area contributed by atoms with Gasteiger partial charge in [0.1, 0.15) is 11.9 Å². The van der Waals surface area contributed by atoms with Gasteiger partial charge in [0.25, 0.3) is 5.56 Å². The van der Waals surface area contributed by atoms with Crippen LogP contribution in [0.5, 0.6) is 0 Å². The van der Waals surface area contributed by atoms with Crippen LogP contribution >= 0.6 is 0 Å². The van der Waals surface area contributed by atoms with Gasteiger partial charge in [-0.3, -0.25) is 4.79 Å². The molecule has 1 N–H and O–H groups in total. The molecular weight excluding hydrogens is 431 g/mol. The second-order valence-electron chi connectivity index (χ2n) is 8.89. The zero-order valence-corrected chi connectivity index (χ0v) is 18.5. The Morgan fingerprint density at radius 1 is 0.971 bits per heavy atom. The number of fused-ring (bicyclic) bond motifs is 1. The molecule has 0 fully saturated rings. The maximum absolute atomic E-state index is 14.6. The van der Waals surface area contributed by atoms with E-state index in [0.717, 1.165) is 28.5 Å². The first-order valence-corrected chi connectivity index (χ1v) is 11.6. The second-order valence-corrected chi connectivity index (χ2v) is 8.89. The lowest BCUT2D eigenvalue weighted by molar-refractivity contribution is 0.0364. The highest BCUT2D eigenvalue weighted by molar-refractivity contribution is 5.95. The number of benzene rings is 3. The number of hydrogen-bond acceptors (Lipinski definition) is 4. The third-order valence-corrected chi connectivity index (χ3v) is 6.86. The highest BCUT2D eigenvalue weighted by Crippen LogP contribution is 2.37. The lowest BCUT2D eigenvalue weighted by Gasteiger charge is -2.15. The van der Waals surface area contributed by atoms with Gasteiger partial charge in [-0.25, -0.2) is 9.18 Å². The quantitative estimate of drug-likeness (QED) is 0.324. The minimum absolute atomic E-state index is 0.118. The Morgan fingerprint density at radius 2 is 1.79 bits per heavy atom. The Morgan fingerprint density at radius 3 is 2.65 bits per heavy atom. The van der Waals surface area contributed by atoms with Crippen LogP contribution < -0.4 is 10.9 Å². The van der Waals surface area contributed by atoms with Gasteiger partial charge in [0, 0.05) is 23.7 Å². The van der Waals surface area contributed by atoms with E-state index < -0.39 is 0 Å². The van der Waals surface area contributed by atoms with E-state index in [1.54, 1.807) is 16.7 Å². The fourth-order valence-electron chi connectivity index (χ4n) is 5.21. The van der Waals surface area contributed by atoms with Gasteiger partial charge in [-0.2, -0.15) is 0 Å². The molecule has 3 heterocycles. The number of nitrogens with one attached hydrogen (secondary N) is 1. The van der Waals surface area contributed by atoms with Crippen LogP contribution in [0.4, 0.5) is 4.39 Å². The highest BCUT2D eigenvalue weighted by atomic mass is 19.1. The smallest absolute Gasteiger partial charge is 0.339 e. The van der Waals surface area contributed by atoms with E-state index in [-0.39, 0.29) is 29.5 Å². The first-order valence-electron chi connectivity index (χ1n) is 11.6. The molecule has 0 radical (unpaired) electrons. The summed E-state index contributed by atoms with van der Waals surface area (Å²) in [5.41, 5.74) is 4.71. The molecule has 1 aromatic heterocycles. The van der Waals surface area contributed by atoms with Crippen molar-refractivity contribution in [3.05, 3.63) is 106 Å². The molecule has 2 aliphatic heterocycles. The van der Waals surface area contributed by atoms with Crippen molar-refractivity contribution in [1.29, 1.82) is 0 Å². The summed E-state index contributed by atoms with van der Waals surface area (Å²) in [6.07, 6.45) is 1.14. The monoisotopic (exact) mass is 454 g/mol. The summed E-state index contributed by atoms with van der Waals surface area (Å²) >= 11 is 0. The summed E-state index contributed by atoms with van der Waals surface area (Å²) in [6.45, 7) is 1.03. The summed E-state index contributed by atoms with van der Waals surface area (Å²) in [6, 6.07) is 22.1. The van der Waals surface area contributed by atoms with Crippen molar-refractivity contribution >= 4 is 16.9 Å². The molecule has 3 aromatic carbocycles. The van der Waals surface area contributed by atoms with E-state index in [0.29, 0.717) is 36.2 Å². The number of esters is 1. The number of cyclic esters (lactones) is 1. The maximum Gasteiger partial charge on any atom is 0.339 e. The van der Waals surface area contributed by atoms with Gasteiger partial charge in [0.15, 0.2) is 0 Å². The number of hydrogen-bond donors (Lipinski definition) is 1. The highest BCUT2D eigenvalue weighted by Gasteiger charge is 2.31. The van der Waals surface area contributed by atoms with E-state index in [1.165, 1.54) is 12.1 Å². The molecule has 2 atom stereocenters. The molecule has 2 aliphatic rings. The summed E-state index contributed by atoms with van der Waals surface area (Å²) in [5, 5.41) is 4.27. The van der Waals surface area contributed by atoms with Gasteiger partial charge in [-0.05, 0) is 60.2 Å². The lowest BCUT2D eigenvalue weighted by atomic mass is 9.96. The zero-order chi connectivity index (χ0) is 23.2. The first kappa shape index (κ1) is 20.8. The third-order valence-electron chi connectivity index (χ3n) is 6.86. The van der Waals surface area contributed by atoms with Gasteiger partial charge in [0.2, 0.25) is 0 Å². The lowest BCUT2D eigenvalue weighted by Crippen LogP contribution is -2.26.